The van der Waals surface area contributed by atoms with Crippen molar-refractivity contribution in [1.82, 2.24) is 15.0 Å². The summed E-state index contributed by atoms with van der Waals surface area (Å²) in [5.41, 5.74) is 4.74. The molecule has 3 aromatic heterocycles. The molecule has 0 aliphatic carbocycles. The number of nitrogens with zero attached hydrogens (tertiary/aromatic N) is 2. The lowest BCUT2D eigenvalue weighted by Crippen LogP contribution is -2.02. The second kappa shape index (κ2) is 7.58. The van der Waals surface area contributed by atoms with Gasteiger partial charge in [0.05, 0.1) is 5.69 Å². The van der Waals surface area contributed by atoms with Crippen LogP contribution in [0.3, 0.4) is 0 Å². The van der Waals surface area contributed by atoms with Crippen LogP contribution in [-0.4, -0.2) is 21.5 Å². The van der Waals surface area contributed by atoms with Crippen molar-refractivity contribution in [2.24, 2.45) is 0 Å². The molecule has 136 valence electrons. The topological polar surface area (TPSA) is 53.6 Å². The van der Waals surface area contributed by atoms with Crippen LogP contribution in [0, 0.1) is 5.82 Å². The molecule has 0 radical (unpaired) electrons. The summed E-state index contributed by atoms with van der Waals surface area (Å²) in [5, 5.41) is 4.39. The molecule has 4 rings (SSSR count). The standard InChI is InChI=1S/C22H21FN4/c1-2-3-12-25-19-9-8-18-20(15-10-13-24-14-11-15)21(27-22(18)26-19)16-4-6-17(23)7-5-16/h4-11,13-14H,2-3,12H2,1H3,(H2,25,26,27). The van der Waals surface area contributed by atoms with Crippen LogP contribution in [0.5, 0.6) is 0 Å². The highest BCUT2D eigenvalue weighted by molar-refractivity contribution is 6.02. The van der Waals surface area contributed by atoms with Crippen LogP contribution < -0.4 is 5.32 Å². The van der Waals surface area contributed by atoms with Crippen LogP contribution >= 0.6 is 0 Å². The lowest BCUT2D eigenvalue weighted by molar-refractivity contribution is 0.628. The number of pyridine rings is 2. The highest BCUT2D eigenvalue weighted by atomic mass is 19.1. The molecule has 0 fully saturated rings. The Morgan fingerprint density at radius 1 is 0.963 bits per heavy atom. The van der Waals surface area contributed by atoms with E-state index in [2.05, 4.69) is 28.3 Å². The van der Waals surface area contributed by atoms with E-state index in [0.29, 0.717) is 0 Å². The Morgan fingerprint density at radius 3 is 2.48 bits per heavy atom. The van der Waals surface area contributed by atoms with Crippen LogP contribution in [0.4, 0.5) is 10.2 Å². The van der Waals surface area contributed by atoms with Crippen molar-refractivity contribution in [2.45, 2.75) is 19.8 Å². The molecule has 27 heavy (non-hydrogen) atoms. The number of H-pyrrole nitrogens is 1. The molecule has 4 nitrogen and oxygen atoms in total. The van der Waals surface area contributed by atoms with Crippen LogP contribution in [0.1, 0.15) is 19.8 Å². The number of aromatic nitrogens is 3. The molecule has 0 aliphatic rings. The number of hydrogen-bond donors (Lipinski definition) is 2. The highest BCUT2D eigenvalue weighted by Crippen LogP contribution is 2.38. The molecule has 0 bridgehead atoms. The van der Waals surface area contributed by atoms with Crippen molar-refractivity contribution in [3.63, 3.8) is 0 Å². The third kappa shape index (κ3) is 3.53. The summed E-state index contributed by atoms with van der Waals surface area (Å²) in [7, 11) is 0. The molecular weight excluding hydrogens is 339 g/mol. The first-order chi connectivity index (χ1) is 13.3. The molecule has 0 unspecified atom stereocenters. The smallest absolute Gasteiger partial charge is 0.140 e. The first-order valence-electron chi connectivity index (χ1n) is 9.19. The zero-order chi connectivity index (χ0) is 18.6. The maximum Gasteiger partial charge on any atom is 0.140 e. The van der Waals surface area contributed by atoms with Gasteiger partial charge in [0.25, 0.3) is 0 Å². The van der Waals surface area contributed by atoms with Gasteiger partial charge in [-0.1, -0.05) is 13.3 Å². The van der Waals surface area contributed by atoms with Crippen molar-refractivity contribution in [3.05, 3.63) is 66.7 Å². The number of anilines is 1. The fourth-order valence-corrected chi connectivity index (χ4v) is 3.21. The molecule has 0 saturated heterocycles. The molecule has 1 aromatic carbocycles. The van der Waals surface area contributed by atoms with Gasteiger partial charge in [-0.3, -0.25) is 4.98 Å². The maximum atomic E-state index is 13.4. The van der Waals surface area contributed by atoms with E-state index in [4.69, 9.17) is 4.98 Å². The Balaban J connectivity index is 1.85. The minimum Gasteiger partial charge on any atom is -0.370 e. The Morgan fingerprint density at radius 2 is 1.74 bits per heavy atom. The number of rotatable bonds is 6. The SMILES string of the molecule is CCCCNc1ccc2c(-c3ccncc3)c(-c3ccc(F)cc3)[nH]c2n1. The lowest BCUT2D eigenvalue weighted by Gasteiger charge is -2.06. The van der Waals surface area contributed by atoms with E-state index in [1.54, 1.807) is 24.5 Å². The van der Waals surface area contributed by atoms with E-state index < -0.39 is 0 Å². The fraction of sp³-hybridized carbons (Fsp3) is 0.182. The van der Waals surface area contributed by atoms with Gasteiger partial charge in [0.15, 0.2) is 0 Å². The number of aromatic amines is 1. The Bertz CT molecular complexity index is 1040. The van der Waals surface area contributed by atoms with Crippen molar-refractivity contribution in [1.29, 1.82) is 0 Å². The van der Waals surface area contributed by atoms with Gasteiger partial charge in [-0.2, -0.15) is 0 Å². The van der Waals surface area contributed by atoms with Crippen molar-refractivity contribution >= 4 is 16.9 Å². The van der Waals surface area contributed by atoms with Crippen molar-refractivity contribution in [2.75, 3.05) is 11.9 Å². The third-order valence-electron chi connectivity index (χ3n) is 4.60. The Hall–Kier alpha value is -3.21. The summed E-state index contributed by atoms with van der Waals surface area (Å²) in [5.74, 6) is 0.602. The van der Waals surface area contributed by atoms with E-state index in [0.717, 1.165) is 58.6 Å². The Labute approximate surface area is 157 Å². The predicted molar refractivity (Wildman–Crippen MR) is 108 cm³/mol. The van der Waals surface area contributed by atoms with Gasteiger partial charge in [0.2, 0.25) is 0 Å². The first-order valence-corrected chi connectivity index (χ1v) is 9.19. The molecule has 0 amide bonds. The first kappa shape index (κ1) is 17.2. The van der Waals surface area contributed by atoms with Crippen LogP contribution in [0.15, 0.2) is 60.9 Å². The summed E-state index contributed by atoms with van der Waals surface area (Å²) >= 11 is 0. The van der Waals surface area contributed by atoms with Crippen LogP contribution in [0.25, 0.3) is 33.4 Å². The average Bonchev–Trinajstić information content (AvgIpc) is 3.08. The summed E-state index contributed by atoms with van der Waals surface area (Å²) in [6.07, 6.45) is 5.79. The molecule has 3 heterocycles. The number of fused-ring (bicyclic) bond motifs is 1. The number of unbranched alkanes of at least 4 members (excludes halogenated alkanes) is 1. The Kier molecular flexibility index (Phi) is 4.83. The number of halogens is 1. The van der Waals surface area contributed by atoms with Crippen molar-refractivity contribution in [3.8, 4) is 22.4 Å². The summed E-state index contributed by atoms with van der Waals surface area (Å²) in [4.78, 5) is 12.3. The molecule has 0 saturated carbocycles. The third-order valence-corrected chi connectivity index (χ3v) is 4.60. The molecule has 4 aromatic rings. The van der Waals surface area contributed by atoms with Gasteiger partial charge in [0, 0.05) is 29.9 Å². The quantitative estimate of drug-likeness (QED) is 0.437. The van der Waals surface area contributed by atoms with Crippen molar-refractivity contribution < 1.29 is 4.39 Å². The van der Waals surface area contributed by atoms with Gasteiger partial charge < -0.3 is 10.3 Å². The normalized spacial score (nSPS) is 11.0. The van der Waals surface area contributed by atoms with Crippen LogP contribution in [-0.2, 0) is 0 Å². The maximum absolute atomic E-state index is 13.4. The molecular formula is C22H21FN4. The summed E-state index contributed by atoms with van der Waals surface area (Å²) in [6, 6.07) is 14.5. The van der Waals surface area contributed by atoms with E-state index in [1.165, 1.54) is 12.1 Å². The van der Waals surface area contributed by atoms with E-state index in [1.807, 2.05) is 18.2 Å². The average molecular weight is 360 g/mol. The minimum atomic E-state index is -0.249. The van der Waals surface area contributed by atoms with E-state index >= 15 is 0 Å². The van der Waals surface area contributed by atoms with Crippen LogP contribution in [0.2, 0.25) is 0 Å². The van der Waals surface area contributed by atoms with Gasteiger partial charge in [-0.15, -0.1) is 0 Å². The zero-order valence-corrected chi connectivity index (χ0v) is 15.2. The fourth-order valence-electron chi connectivity index (χ4n) is 3.21. The summed E-state index contributed by atoms with van der Waals surface area (Å²) in [6.45, 7) is 3.07. The van der Waals surface area contributed by atoms with E-state index in [9.17, 15) is 4.39 Å². The second-order valence-corrected chi connectivity index (χ2v) is 6.49. The summed E-state index contributed by atoms with van der Waals surface area (Å²) < 4.78 is 13.4. The number of benzene rings is 1. The number of nitrogens with one attached hydrogen (secondary N) is 2. The van der Waals surface area contributed by atoms with E-state index in [-0.39, 0.29) is 5.82 Å². The zero-order valence-electron chi connectivity index (χ0n) is 15.2. The largest absolute Gasteiger partial charge is 0.370 e. The lowest BCUT2D eigenvalue weighted by atomic mass is 10.00. The molecule has 2 N–H and O–H groups in total. The molecule has 0 spiro atoms. The highest BCUT2D eigenvalue weighted by Gasteiger charge is 2.16. The van der Waals surface area contributed by atoms with Gasteiger partial charge in [0.1, 0.15) is 17.3 Å². The predicted octanol–water partition coefficient (Wildman–Crippen LogP) is 5.64. The monoisotopic (exact) mass is 360 g/mol. The molecule has 5 heteroatoms. The van der Waals surface area contributed by atoms with Gasteiger partial charge >= 0.3 is 0 Å². The number of hydrogen-bond acceptors (Lipinski definition) is 3. The van der Waals surface area contributed by atoms with Gasteiger partial charge in [-0.05, 0) is 66.1 Å². The minimum absolute atomic E-state index is 0.249. The second-order valence-electron chi connectivity index (χ2n) is 6.49. The molecule has 0 aliphatic heterocycles. The van der Waals surface area contributed by atoms with Gasteiger partial charge in [-0.25, -0.2) is 9.37 Å². The molecule has 0 atom stereocenters.